The second kappa shape index (κ2) is 14.0. The van der Waals surface area contributed by atoms with Crippen LogP contribution in [0, 0.1) is 0 Å². The molecular weight excluding hydrogens is 422 g/mol. The number of unbranched alkanes of at least 4 members (excludes halogenated alkanes) is 1. The van der Waals surface area contributed by atoms with Crippen molar-refractivity contribution in [1.82, 2.24) is 16.0 Å². The van der Waals surface area contributed by atoms with Crippen molar-refractivity contribution in [2.24, 2.45) is 11.5 Å². The SMILES string of the molecule is NCCCCC(NC(=O)C(N)Cc1ccc(O)cc1)C(=O)NC(CO)C(=O)NCC(=O)O. The fraction of sp³-hybridized carbons (Fsp3) is 0.500. The van der Waals surface area contributed by atoms with Gasteiger partial charge in [-0.25, -0.2) is 0 Å². The van der Waals surface area contributed by atoms with Gasteiger partial charge in [0.2, 0.25) is 17.7 Å². The number of aromatic hydroxyl groups is 1. The van der Waals surface area contributed by atoms with Crippen molar-refractivity contribution in [2.45, 2.75) is 43.8 Å². The molecule has 12 heteroatoms. The predicted octanol–water partition coefficient (Wildman–Crippen LogP) is -2.45. The molecule has 0 aliphatic heterocycles. The molecule has 0 radical (unpaired) electrons. The number of hydrogen-bond acceptors (Lipinski definition) is 8. The van der Waals surface area contributed by atoms with Crippen LogP contribution in [0.3, 0.4) is 0 Å². The van der Waals surface area contributed by atoms with Crippen LogP contribution in [0.25, 0.3) is 0 Å². The Hall–Kier alpha value is -3.22. The van der Waals surface area contributed by atoms with Crippen LogP contribution in [-0.2, 0) is 25.6 Å². The Bertz CT molecular complexity index is 772. The summed E-state index contributed by atoms with van der Waals surface area (Å²) in [6, 6.07) is 2.77. The number of benzene rings is 1. The molecule has 1 aromatic rings. The van der Waals surface area contributed by atoms with Gasteiger partial charge in [0.15, 0.2) is 0 Å². The van der Waals surface area contributed by atoms with Gasteiger partial charge >= 0.3 is 5.97 Å². The zero-order chi connectivity index (χ0) is 24.1. The Balaban J connectivity index is 2.77. The van der Waals surface area contributed by atoms with E-state index in [1.165, 1.54) is 12.1 Å². The van der Waals surface area contributed by atoms with E-state index in [1.54, 1.807) is 12.1 Å². The minimum absolute atomic E-state index is 0.0780. The van der Waals surface area contributed by atoms with Gasteiger partial charge in [0.25, 0.3) is 0 Å². The van der Waals surface area contributed by atoms with Gasteiger partial charge in [-0.2, -0.15) is 0 Å². The average Bonchev–Trinajstić information content (AvgIpc) is 2.76. The molecule has 3 atom stereocenters. The number of aliphatic carboxylic acids is 1. The van der Waals surface area contributed by atoms with E-state index in [1.807, 2.05) is 0 Å². The summed E-state index contributed by atoms with van der Waals surface area (Å²) >= 11 is 0. The molecule has 0 aromatic heterocycles. The number of hydrogen-bond donors (Lipinski definition) is 8. The first-order valence-corrected chi connectivity index (χ1v) is 10.1. The number of aliphatic hydroxyl groups excluding tert-OH is 1. The Kier molecular flexibility index (Phi) is 11.7. The summed E-state index contributed by atoms with van der Waals surface area (Å²) in [5.41, 5.74) is 12.1. The summed E-state index contributed by atoms with van der Waals surface area (Å²) < 4.78 is 0. The van der Waals surface area contributed by atoms with E-state index in [0.717, 1.165) is 0 Å². The molecule has 0 fully saturated rings. The number of nitrogens with two attached hydrogens (primary N) is 2. The molecule has 1 aromatic carbocycles. The van der Waals surface area contributed by atoms with E-state index < -0.39 is 55.0 Å². The maximum absolute atomic E-state index is 12.7. The minimum Gasteiger partial charge on any atom is -0.508 e. The zero-order valence-corrected chi connectivity index (χ0v) is 17.6. The van der Waals surface area contributed by atoms with Crippen molar-refractivity contribution in [3.05, 3.63) is 29.8 Å². The largest absolute Gasteiger partial charge is 0.508 e. The first kappa shape index (κ1) is 26.8. The van der Waals surface area contributed by atoms with Crippen molar-refractivity contribution >= 4 is 23.7 Å². The van der Waals surface area contributed by atoms with Gasteiger partial charge in [-0.1, -0.05) is 12.1 Å². The number of nitrogens with one attached hydrogen (secondary N) is 3. The van der Waals surface area contributed by atoms with Crippen LogP contribution in [0.4, 0.5) is 0 Å². The standard InChI is InChI=1S/C20H31N5O7/c21-8-2-1-3-15(20(32)25-16(11-26)19(31)23-10-17(28)29)24-18(30)14(22)9-12-4-6-13(27)7-5-12/h4-7,14-16,26-27H,1-3,8-11,21-22H2,(H,23,31)(H,24,30)(H,25,32)(H,28,29). The third-order valence-electron chi connectivity index (χ3n) is 4.54. The predicted molar refractivity (Wildman–Crippen MR) is 114 cm³/mol. The van der Waals surface area contributed by atoms with Crippen LogP contribution in [0.1, 0.15) is 24.8 Å². The van der Waals surface area contributed by atoms with Gasteiger partial charge in [-0.05, 0) is 49.9 Å². The van der Waals surface area contributed by atoms with Crippen LogP contribution < -0.4 is 27.4 Å². The Labute approximate surface area is 185 Å². The van der Waals surface area contributed by atoms with E-state index in [4.69, 9.17) is 16.6 Å². The lowest BCUT2D eigenvalue weighted by Crippen LogP contribution is -2.57. The third kappa shape index (κ3) is 9.73. The molecule has 0 spiro atoms. The second-order valence-corrected chi connectivity index (χ2v) is 7.18. The molecule has 10 N–H and O–H groups in total. The quantitative estimate of drug-likeness (QED) is 0.140. The Morgan fingerprint density at radius 3 is 2.12 bits per heavy atom. The highest BCUT2D eigenvalue weighted by atomic mass is 16.4. The Morgan fingerprint density at radius 2 is 1.56 bits per heavy atom. The zero-order valence-electron chi connectivity index (χ0n) is 17.6. The highest BCUT2D eigenvalue weighted by Crippen LogP contribution is 2.11. The molecule has 0 aliphatic carbocycles. The maximum atomic E-state index is 12.7. The van der Waals surface area contributed by atoms with Gasteiger partial charge in [-0.3, -0.25) is 19.2 Å². The molecule has 178 valence electrons. The van der Waals surface area contributed by atoms with Gasteiger partial charge < -0.3 is 42.7 Å². The minimum atomic E-state index is -1.39. The second-order valence-electron chi connectivity index (χ2n) is 7.18. The average molecular weight is 453 g/mol. The van der Waals surface area contributed by atoms with Crippen LogP contribution in [0.5, 0.6) is 5.75 Å². The van der Waals surface area contributed by atoms with Gasteiger partial charge in [0.1, 0.15) is 24.4 Å². The number of amides is 3. The highest BCUT2D eigenvalue weighted by molar-refractivity contribution is 5.93. The summed E-state index contributed by atoms with van der Waals surface area (Å²) in [6.07, 6.45) is 1.49. The highest BCUT2D eigenvalue weighted by Gasteiger charge is 2.27. The van der Waals surface area contributed by atoms with E-state index >= 15 is 0 Å². The van der Waals surface area contributed by atoms with Crippen molar-refractivity contribution in [2.75, 3.05) is 19.7 Å². The van der Waals surface area contributed by atoms with Crippen molar-refractivity contribution in [3.8, 4) is 5.75 Å². The molecule has 0 heterocycles. The van der Waals surface area contributed by atoms with Crippen molar-refractivity contribution in [3.63, 3.8) is 0 Å². The summed E-state index contributed by atoms with van der Waals surface area (Å²) in [5, 5.41) is 34.3. The van der Waals surface area contributed by atoms with Crippen LogP contribution >= 0.6 is 0 Å². The number of aliphatic hydroxyl groups is 1. The number of carbonyl (C=O) groups excluding carboxylic acids is 3. The molecular formula is C20H31N5O7. The molecule has 1 rings (SSSR count). The topological polar surface area (TPSA) is 217 Å². The van der Waals surface area contributed by atoms with Crippen LogP contribution in [0.15, 0.2) is 24.3 Å². The first-order chi connectivity index (χ1) is 15.2. The smallest absolute Gasteiger partial charge is 0.322 e. The van der Waals surface area contributed by atoms with Crippen molar-refractivity contribution in [1.29, 1.82) is 0 Å². The number of carbonyl (C=O) groups is 4. The Morgan fingerprint density at radius 1 is 0.938 bits per heavy atom. The number of phenolic OH excluding ortho intramolecular Hbond substituents is 1. The summed E-state index contributed by atoms with van der Waals surface area (Å²) in [6.45, 7) is -1.05. The van der Waals surface area contributed by atoms with Gasteiger partial charge in [0.05, 0.1) is 12.6 Å². The van der Waals surface area contributed by atoms with Gasteiger partial charge in [-0.15, -0.1) is 0 Å². The molecule has 3 unspecified atom stereocenters. The lowest BCUT2D eigenvalue weighted by Gasteiger charge is -2.23. The summed E-state index contributed by atoms with van der Waals surface area (Å²) in [4.78, 5) is 47.8. The monoisotopic (exact) mass is 453 g/mol. The molecule has 0 bridgehead atoms. The van der Waals surface area contributed by atoms with Crippen LogP contribution in [0.2, 0.25) is 0 Å². The number of phenols is 1. The van der Waals surface area contributed by atoms with Crippen molar-refractivity contribution < 1.29 is 34.5 Å². The fourth-order valence-corrected chi connectivity index (χ4v) is 2.77. The number of carboxylic acid groups (broad SMARTS) is 1. The molecule has 0 saturated carbocycles. The van der Waals surface area contributed by atoms with Crippen LogP contribution in [-0.4, -0.2) is 76.8 Å². The lowest BCUT2D eigenvalue weighted by atomic mass is 10.0. The fourth-order valence-electron chi connectivity index (χ4n) is 2.77. The van der Waals surface area contributed by atoms with E-state index in [2.05, 4.69) is 16.0 Å². The molecule has 3 amide bonds. The van der Waals surface area contributed by atoms with E-state index in [9.17, 15) is 29.4 Å². The normalized spacial score (nSPS) is 13.5. The molecule has 32 heavy (non-hydrogen) atoms. The third-order valence-corrected chi connectivity index (χ3v) is 4.54. The number of rotatable bonds is 14. The van der Waals surface area contributed by atoms with Gasteiger partial charge in [0, 0.05) is 0 Å². The lowest BCUT2D eigenvalue weighted by molar-refractivity contribution is -0.139. The van der Waals surface area contributed by atoms with E-state index in [0.29, 0.717) is 24.9 Å². The maximum Gasteiger partial charge on any atom is 0.322 e. The molecule has 12 nitrogen and oxygen atoms in total. The molecule has 0 saturated heterocycles. The number of carboxylic acids is 1. The van der Waals surface area contributed by atoms with E-state index in [-0.39, 0.29) is 18.6 Å². The summed E-state index contributed by atoms with van der Waals surface area (Å²) in [5.74, 6) is -3.40. The summed E-state index contributed by atoms with van der Waals surface area (Å²) in [7, 11) is 0. The molecule has 0 aliphatic rings. The first-order valence-electron chi connectivity index (χ1n) is 10.1.